The van der Waals surface area contributed by atoms with Gasteiger partial charge in [0.1, 0.15) is 24.0 Å². The van der Waals surface area contributed by atoms with Crippen molar-refractivity contribution in [1.82, 2.24) is 0 Å². The fraction of sp³-hybridized carbons (Fsp3) is 0.214. The van der Waals surface area contributed by atoms with Crippen LogP contribution < -0.4 is 4.74 Å². The van der Waals surface area contributed by atoms with Gasteiger partial charge in [-0.2, -0.15) is 0 Å². The van der Waals surface area contributed by atoms with E-state index in [2.05, 4.69) is 6.58 Å². The molecule has 0 aromatic heterocycles. The van der Waals surface area contributed by atoms with E-state index in [0.29, 0.717) is 0 Å². The largest absolute Gasteiger partial charge is 0.489 e. The lowest BCUT2D eigenvalue weighted by molar-refractivity contribution is -0.143. The second kappa shape index (κ2) is 7.09. The molecule has 0 bridgehead atoms. The molecule has 21 heavy (non-hydrogen) atoms. The van der Waals surface area contributed by atoms with Crippen LogP contribution in [0.3, 0.4) is 0 Å². The van der Waals surface area contributed by atoms with Gasteiger partial charge in [-0.05, 0) is 19.1 Å². The van der Waals surface area contributed by atoms with Gasteiger partial charge in [0.2, 0.25) is 0 Å². The zero-order valence-electron chi connectivity index (χ0n) is 11.2. The van der Waals surface area contributed by atoms with Crippen LogP contribution in [0.1, 0.15) is 27.6 Å². The quantitative estimate of drug-likeness (QED) is 0.580. The number of aromatic carboxylic acids is 2. The molecule has 112 valence electrons. The number of hydrogen-bond donors (Lipinski definition) is 2. The molecule has 0 aliphatic carbocycles. The summed E-state index contributed by atoms with van der Waals surface area (Å²) in [7, 11) is 0. The highest BCUT2D eigenvalue weighted by Crippen LogP contribution is 2.23. The molecule has 0 aliphatic heterocycles. The predicted octanol–water partition coefficient (Wildman–Crippen LogP) is 1.58. The fourth-order valence-corrected chi connectivity index (χ4v) is 1.54. The van der Waals surface area contributed by atoms with Crippen LogP contribution in [-0.4, -0.2) is 40.8 Å². The first-order chi connectivity index (χ1) is 9.86. The van der Waals surface area contributed by atoms with Crippen molar-refractivity contribution in [2.24, 2.45) is 0 Å². The SMILES string of the molecule is C=CC(=O)OC(C)COc1cccc(C(=O)O)c1C(=O)O. The normalized spacial score (nSPS) is 11.3. The number of rotatable bonds is 7. The Kier molecular flexibility index (Phi) is 5.48. The summed E-state index contributed by atoms with van der Waals surface area (Å²) in [5.41, 5.74) is -0.831. The van der Waals surface area contributed by atoms with Crippen molar-refractivity contribution in [2.45, 2.75) is 13.0 Å². The molecular weight excluding hydrogens is 280 g/mol. The number of carboxylic acids is 2. The van der Waals surface area contributed by atoms with Gasteiger partial charge in [0, 0.05) is 6.08 Å². The molecule has 1 rings (SSSR count). The van der Waals surface area contributed by atoms with E-state index in [1.165, 1.54) is 18.2 Å². The first-order valence-electron chi connectivity index (χ1n) is 5.92. The standard InChI is InChI=1S/C14H14O7/c1-3-11(15)21-8(2)7-20-10-6-4-5-9(13(16)17)12(10)14(18)19/h3-6,8H,1,7H2,2H3,(H,16,17)(H,18,19). The monoisotopic (exact) mass is 294 g/mol. The van der Waals surface area contributed by atoms with E-state index < -0.39 is 29.6 Å². The van der Waals surface area contributed by atoms with Crippen molar-refractivity contribution >= 4 is 17.9 Å². The minimum Gasteiger partial charge on any atom is -0.489 e. The topological polar surface area (TPSA) is 110 Å². The molecule has 0 spiro atoms. The summed E-state index contributed by atoms with van der Waals surface area (Å²) < 4.78 is 10.1. The third-order valence-corrected chi connectivity index (χ3v) is 2.43. The molecule has 0 saturated carbocycles. The maximum Gasteiger partial charge on any atom is 0.340 e. The van der Waals surface area contributed by atoms with Gasteiger partial charge < -0.3 is 19.7 Å². The van der Waals surface area contributed by atoms with E-state index in [1.807, 2.05) is 0 Å². The van der Waals surface area contributed by atoms with Gasteiger partial charge in [-0.15, -0.1) is 0 Å². The summed E-state index contributed by atoms with van der Waals surface area (Å²) in [4.78, 5) is 33.2. The van der Waals surface area contributed by atoms with E-state index >= 15 is 0 Å². The van der Waals surface area contributed by atoms with Crippen molar-refractivity contribution in [3.8, 4) is 5.75 Å². The third kappa shape index (κ3) is 4.34. The van der Waals surface area contributed by atoms with Gasteiger partial charge in [-0.25, -0.2) is 14.4 Å². The van der Waals surface area contributed by atoms with Gasteiger partial charge in [-0.1, -0.05) is 12.6 Å². The Morgan fingerprint density at radius 1 is 1.29 bits per heavy atom. The molecule has 0 saturated heterocycles. The van der Waals surface area contributed by atoms with Crippen molar-refractivity contribution in [2.75, 3.05) is 6.61 Å². The first-order valence-corrected chi connectivity index (χ1v) is 5.92. The van der Waals surface area contributed by atoms with Gasteiger partial charge >= 0.3 is 17.9 Å². The highest BCUT2D eigenvalue weighted by molar-refractivity contribution is 6.03. The number of ether oxygens (including phenoxy) is 2. The second-order valence-electron chi connectivity index (χ2n) is 4.05. The van der Waals surface area contributed by atoms with Crippen LogP contribution in [0, 0.1) is 0 Å². The molecular formula is C14H14O7. The summed E-state index contributed by atoms with van der Waals surface area (Å²) in [5.74, 6) is -3.53. The third-order valence-electron chi connectivity index (χ3n) is 2.43. The number of benzene rings is 1. The minimum absolute atomic E-state index is 0.107. The maximum absolute atomic E-state index is 11.2. The molecule has 0 heterocycles. The van der Waals surface area contributed by atoms with Crippen LogP contribution in [0.2, 0.25) is 0 Å². The van der Waals surface area contributed by atoms with Gasteiger partial charge in [0.15, 0.2) is 0 Å². The van der Waals surface area contributed by atoms with Gasteiger partial charge in [-0.3, -0.25) is 0 Å². The lowest BCUT2D eigenvalue weighted by Crippen LogP contribution is -2.22. The van der Waals surface area contributed by atoms with E-state index in [-0.39, 0.29) is 17.9 Å². The van der Waals surface area contributed by atoms with Crippen molar-refractivity contribution < 1.29 is 34.1 Å². The molecule has 2 N–H and O–H groups in total. The second-order valence-corrected chi connectivity index (χ2v) is 4.05. The Morgan fingerprint density at radius 3 is 2.48 bits per heavy atom. The highest BCUT2D eigenvalue weighted by Gasteiger charge is 2.21. The first kappa shape index (κ1) is 16.2. The smallest absolute Gasteiger partial charge is 0.340 e. The average molecular weight is 294 g/mol. The minimum atomic E-state index is -1.42. The summed E-state index contributed by atoms with van der Waals surface area (Å²) in [6, 6.07) is 3.86. The lowest BCUT2D eigenvalue weighted by Gasteiger charge is -2.15. The number of carbonyl (C=O) groups is 3. The molecule has 0 radical (unpaired) electrons. The Bertz CT molecular complexity index is 577. The lowest BCUT2D eigenvalue weighted by atomic mass is 10.1. The zero-order valence-corrected chi connectivity index (χ0v) is 11.2. The number of hydrogen-bond acceptors (Lipinski definition) is 5. The van der Waals surface area contributed by atoms with Crippen LogP contribution in [0.15, 0.2) is 30.9 Å². The molecule has 0 fully saturated rings. The van der Waals surface area contributed by atoms with Crippen LogP contribution in [0.4, 0.5) is 0 Å². The summed E-state index contributed by atoms with van der Waals surface area (Å²) in [5, 5.41) is 18.1. The van der Waals surface area contributed by atoms with E-state index in [9.17, 15) is 14.4 Å². The Labute approximate surface area is 120 Å². The van der Waals surface area contributed by atoms with Crippen LogP contribution >= 0.6 is 0 Å². The van der Waals surface area contributed by atoms with E-state index in [0.717, 1.165) is 6.08 Å². The Balaban J connectivity index is 2.91. The summed E-state index contributed by atoms with van der Waals surface area (Å²) in [6.07, 6.45) is 0.343. The number of carbonyl (C=O) groups excluding carboxylic acids is 1. The molecule has 1 atom stereocenters. The van der Waals surface area contributed by atoms with Crippen LogP contribution in [-0.2, 0) is 9.53 Å². The molecule has 0 amide bonds. The number of esters is 1. The van der Waals surface area contributed by atoms with Crippen molar-refractivity contribution in [3.63, 3.8) is 0 Å². The fourth-order valence-electron chi connectivity index (χ4n) is 1.54. The van der Waals surface area contributed by atoms with E-state index in [4.69, 9.17) is 19.7 Å². The van der Waals surface area contributed by atoms with Crippen LogP contribution in [0.5, 0.6) is 5.75 Å². The number of carboxylic acid groups (broad SMARTS) is 2. The maximum atomic E-state index is 11.2. The summed E-state index contributed by atoms with van der Waals surface area (Å²) in [6.45, 7) is 4.66. The zero-order chi connectivity index (χ0) is 16.0. The highest BCUT2D eigenvalue weighted by atomic mass is 16.6. The molecule has 1 unspecified atom stereocenters. The van der Waals surface area contributed by atoms with Gasteiger partial charge in [0.05, 0.1) is 5.56 Å². The van der Waals surface area contributed by atoms with Crippen molar-refractivity contribution in [1.29, 1.82) is 0 Å². The van der Waals surface area contributed by atoms with E-state index in [1.54, 1.807) is 6.92 Å². The molecule has 1 aromatic rings. The molecule has 1 aromatic carbocycles. The summed E-state index contributed by atoms with van der Waals surface area (Å²) >= 11 is 0. The Morgan fingerprint density at radius 2 is 1.95 bits per heavy atom. The molecule has 7 heteroatoms. The van der Waals surface area contributed by atoms with Crippen molar-refractivity contribution in [3.05, 3.63) is 42.0 Å². The predicted molar refractivity (Wildman–Crippen MR) is 71.6 cm³/mol. The molecule has 0 aliphatic rings. The Hall–Kier alpha value is -2.83. The molecule has 7 nitrogen and oxygen atoms in total. The van der Waals surface area contributed by atoms with Gasteiger partial charge in [0.25, 0.3) is 0 Å². The van der Waals surface area contributed by atoms with Crippen LogP contribution in [0.25, 0.3) is 0 Å². The average Bonchev–Trinajstić information content (AvgIpc) is 2.44.